The van der Waals surface area contributed by atoms with Crippen LogP contribution in [-0.4, -0.2) is 33.9 Å². The molecule has 2 aliphatic carbocycles. The Morgan fingerprint density at radius 1 is 1.23 bits per heavy atom. The molecule has 0 aliphatic heterocycles. The number of ketones is 1. The number of rotatable bonds is 9. The molecule has 2 aliphatic rings. The maximum absolute atomic E-state index is 12.6. The molecule has 3 atom stereocenters. The van der Waals surface area contributed by atoms with Gasteiger partial charge in [-0.25, -0.2) is 0 Å². The molecular formula is C25H38O4Si. The Morgan fingerprint density at radius 3 is 2.37 bits per heavy atom. The Hall–Kier alpha value is -1.43. The number of fused-ring (bicyclic) bond motifs is 1. The molecule has 0 aromatic heterocycles. The summed E-state index contributed by atoms with van der Waals surface area (Å²) in [6.07, 6.45) is 2.77. The van der Waals surface area contributed by atoms with Crippen LogP contribution in [0.4, 0.5) is 0 Å². The highest BCUT2D eigenvalue weighted by atomic mass is 28.4. The number of carbonyl (C=O) groups is 1. The monoisotopic (exact) mass is 430 g/mol. The van der Waals surface area contributed by atoms with Crippen molar-refractivity contribution in [2.45, 2.75) is 77.8 Å². The Balaban J connectivity index is 1.71. The van der Waals surface area contributed by atoms with E-state index in [-0.39, 0.29) is 27.8 Å². The highest BCUT2D eigenvalue weighted by molar-refractivity contribution is 6.74. The highest BCUT2D eigenvalue weighted by Crippen LogP contribution is 2.77. The van der Waals surface area contributed by atoms with E-state index in [1.165, 1.54) is 0 Å². The molecule has 0 heterocycles. The SMILES string of the molecule is C=C(COCc1ccc(OC)cc1)[C@@]12C[C@@]1(C(C)=O)CC[C@@H]2O[Si](C)(C)C(C)(C)C. The van der Waals surface area contributed by atoms with Crippen molar-refractivity contribution in [2.24, 2.45) is 10.8 Å². The van der Waals surface area contributed by atoms with E-state index in [9.17, 15) is 4.79 Å². The summed E-state index contributed by atoms with van der Waals surface area (Å²) in [5.74, 6) is 1.11. The van der Waals surface area contributed by atoms with Gasteiger partial charge in [0.05, 0.1) is 26.4 Å². The standard InChI is InChI=1S/C25H38O4Si/c1-18(15-28-16-20-9-11-21(27-6)12-10-20)25-17-24(25,19(2)26)14-13-22(25)29-30(7,8)23(3,4)5/h9-12,22H,1,13-17H2,2-8H3/t22-,24+,25+/m0/s1. The maximum atomic E-state index is 12.6. The smallest absolute Gasteiger partial charge is 0.192 e. The molecule has 4 nitrogen and oxygen atoms in total. The van der Waals surface area contributed by atoms with Crippen LogP contribution in [0.15, 0.2) is 36.4 Å². The lowest BCUT2D eigenvalue weighted by atomic mass is 9.86. The van der Waals surface area contributed by atoms with Crippen molar-refractivity contribution in [3.63, 3.8) is 0 Å². The van der Waals surface area contributed by atoms with Crippen molar-refractivity contribution in [2.75, 3.05) is 13.7 Å². The molecule has 2 fully saturated rings. The first-order valence-electron chi connectivity index (χ1n) is 11.0. The second-order valence-corrected chi connectivity index (χ2v) is 15.4. The number of hydrogen-bond donors (Lipinski definition) is 0. The van der Waals surface area contributed by atoms with Gasteiger partial charge in [0.2, 0.25) is 0 Å². The van der Waals surface area contributed by atoms with Gasteiger partial charge in [0, 0.05) is 10.8 Å². The van der Waals surface area contributed by atoms with E-state index in [0.717, 1.165) is 36.1 Å². The van der Waals surface area contributed by atoms with Crippen LogP contribution in [0.5, 0.6) is 5.75 Å². The topological polar surface area (TPSA) is 44.8 Å². The van der Waals surface area contributed by atoms with Crippen molar-refractivity contribution in [1.29, 1.82) is 0 Å². The van der Waals surface area contributed by atoms with Crippen LogP contribution in [-0.2, 0) is 20.6 Å². The third kappa shape index (κ3) is 3.80. The third-order valence-corrected chi connectivity index (χ3v) is 12.4. The molecule has 0 spiro atoms. The zero-order chi connectivity index (χ0) is 22.4. The van der Waals surface area contributed by atoms with Crippen molar-refractivity contribution < 1.29 is 18.7 Å². The lowest BCUT2D eigenvalue weighted by Crippen LogP contribution is -2.46. The molecule has 30 heavy (non-hydrogen) atoms. The van der Waals surface area contributed by atoms with Crippen molar-refractivity contribution in [1.82, 2.24) is 0 Å². The zero-order valence-corrected chi connectivity index (χ0v) is 20.8. The summed E-state index contributed by atoms with van der Waals surface area (Å²) in [7, 11) is -0.281. The maximum Gasteiger partial charge on any atom is 0.192 e. The fourth-order valence-corrected chi connectivity index (χ4v) is 6.31. The largest absolute Gasteiger partial charge is 0.497 e. The minimum absolute atomic E-state index is 0.0689. The summed E-state index contributed by atoms with van der Waals surface area (Å²) < 4.78 is 18.1. The molecule has 0 N–H and O–H groups in total. The number of carbonyl (C=O) groups excluding carboxylic acids is 1. The predicted molar refractivity (Wildman–Crippen MR) is 123 cm³/mol. The van der Waals surface area contributed by atoms with E-state index in [0.29, 0.717) is 13.2 Å². The van der Waals surface area contributed by atoms with Crippen LogP contribution in [0.1, 0.15) is 52.5 Å². The number of Topliss-reactive ketones (excluding diaryl/α,β-unsaturated/α-hetero) is 1. The average molecular weight is 431 g/mol. The van der Waals surface area contributed by atoms with Crippen molar-refractivity contribution in [3.8, 4) is 5.75 Å². The van der Waals surface area contributed by atoms with E-state index < -0.39 is 8.32 Å². The van der Waals surface area contributed by atoms with Gasteiger partial charge in [0.1, 0.15) is 11.5 Å². The molecular weight excluding hydrogens is 392 g/mol. The van der Waals surface area contributed by atoms with Gasteiger partial charge < -0.3 is 13.9 Å². The molecule has 0 bridgehead atoms. The fourth-order valence-electron chi connectivity index (χ4n) is 4.93. The molecule has 1 aromatic carbocycles. The normalized spacial score (nSPS) is 28.2. The van der Waals surface area contributed by atoms with Crippen molar-refractivity contribution in [3.05, 3.63) is 42.0 Å². The predicted octanol–water partition coefficient (Wildman–Crippen LogP) is 5.92. The summed E-state index contributed by atoms with van der Waals surface area (Å²) in [5, 5.41) is 0.136. The average Bonchev–Trinajstić information content (AvgIpc) is 3.27. The lowest BCUT2D eigenvalue weighted by Gasteiger charge is -2.41. The molecule has 0 radical (unpaired) electrons. The van der Waals surface area contributed by atoms with Gasteiger partial charge in [-0.1, -0.05) is 39.5 Å². The Kier molecular flexibility index (Phi) is 6.13. The first-order chi connectivity index (χ1) is 13.9. The molecule has 1 aromatic rings. The van der Waals surface area contributed by atoms with Gasteiger partial charge in [-0.3, -0.25) is 4.79 Å². The zero-order valence-electron chi connectivity index (χ0n) is 19.8. The van der Waals surface area contributed by atoms with Crippen LogP contribution in [0.2, 0.25) is 18.1 Å². The fraction of sp³-hybridized carbons (Fsp3) is 0.640. The summed E-state index contributed by atoms with van der Waals surface area (Å²) in [6, 6.07) is 7.90. The minimum Gasteiger partial charge on any atom is -0.497 e. The first kappa shape index (κ1) is 23.2. The van der Waals surface area contributed by atoms with Gasteiger partial charge >= 0.3 is 0 Å². The van der Waals surface area contributed by atoms with E-state index in [2.05, 4.69) is 40.4 Å². The van der Waals surface area contributed by atoms with Crippen LogP contribution in [0.3, 0.4) is 0 Å². The van der Waals surface area contributed by atoms with E-state index >= 15 is 0 Å². The quantitative estimate of drug-likeness (QED) is 0.360. The molecule has 3 rings (SSSR count). The van der Waals surface area contributed by atoms with Gasteiger partial charge in [-0.05, 0) is 67.6 Å². The van der Waals surface area contributed by atoms with Gasteiger partial charge in [0.15, 0.2) is 8.32 Å². The highest BCUT2D eigenvalue weighted by Gasteiger charge is 2.78. The van der Waals surface area contributed by atoms with Gasteiger partial charge in [-0.2, -0.15) is 0 Å². The number of methoxy groups -OCH3 is 1. The molecule has 0 unspecified atom stereocenters. The molecule has 2 saturated carbocycles. The Labute approximate surface area is 183 Å². The summed E-state index contributed by atoms with van der Waals surface area (Å²) >= 11 is 0. The summed E-state index contributed by atoms with van der Waals surface area (Å²) in [6.45, 7) is 18.5. The second-order valence-electron chi connectivity index (χ2n) is 10.6. The second kappa shape index (κ2) is 7.92. The molecule has 5 heteroatoms. The van der Waals surface area contributed by atoms with E-state index in [1.54, 1.807) is 14.0 Å². The van der Waals surface area contributed by atoms with E-state index in [1.807, 2.05) is 24.3 Å². The van der Waals surface area contributed by atoms with Crippen LogP contribution >= 0.6 is 0 Å². The summed E-state index contributed by atoms with van der Waals surface area (Å²) in [4.78, 5) is 12.6. The number of ether oxygens (including phenoxy) is 2. The minimum atomic E-state index is -1.94. The summed E-state index contributed by atoms with van der Waals surface area (Å²) in [5.41, 5.74) is 1.57. The third-order valence-electron chi connectivity index (χ3n) is 7.94. The number of benzene rings is 1. The van der Waals surface area contributed by atoms with Crippen LogP contribution in [0, 0.1) is 10.8 Å². The Morgan fingerprint density at radius 2 is 1.87 bits per heavy atom. The lowest BCUT2D eigenvalue weighted by molar-refractivity contribution is -0.122. The van der Waals surface area contributed by atoms with Crippen LogP contribution in [0.25, 0.3) is 0 Å². The Bertz CT molecular complexity index is 807. The molecule has 0 saturated heterocycles. The van der Waals surface area contributed by atoms with Crippen LogP contribution < -0.4 is 4.74 Å². The van der Waals surface area contributed by atoms with E-state index in [4.69, 9.17) is 13.9 Å². The van der Waals surface area contributed by atoms with Gasteiger partial charge in [-0.15, -0.1) is 0 Å². The van der Waals surface area contributed by atoms with Gasteiger partial charge in [0.25, 0.3) is 0 Å². The number of hydrogen-bond acceptors (Lipinski definition) is 4. The van der Waals surface area contributed by atoms with Crippen molar-refractivity contribution >= 4 is 14.1 Å². The first-order valence-corrected chi connectivity index (χ1v) is 13.9. The molecule has 0 amide bonds. The molecule has 166 valence electrons.